The Morgan fingerprint density at radius 1 is 0.588 bits per heavy atom. The smallest absolute Gasteiger partial charge is 0.426 e. The second kappa shape index (κ2) is 13.2. The monoisotopic (exact) mass is 482 g/mol. The minimum atomic E-state index is -2.78. The molecule has 0 heterocycles. The first kappa shape index (κ1) is 26.7. The summed E-state index contributed by atoms with van der Waals surface area (Å²) in [6, 6.07) is 29.1. The molecule has 0 fully saturated rings. The molecular weight excluding hydrogens is 451 g/mol. The van der Waals surface area contributed by atoms with E-state index in [4.69, 9.17) is 0 Å². The van der Waals surface area contributed by atoms with Crippen LogP contribution in [0.2, 0.25) is 0 Å². The van der Waals surface area contributed by atoms with Crippen LogP contribution in [0, 0.1) is 0 Å². The predicted octanol–water partition coefficient (Wildman–Crippen LogP) is 4.50. The normalized spacial score (nSPS) is 10.6. The first-order chi connectivity index (χ1) is 16.2. The van der Waals surface area contributed by atoms with Crippen molar-refractivity contribution in [3.05, 3.63) is 91.0 Å². The quantitative estimate of drug-likeness (QED) is 0.413. The summed E-state index contributed by atoms with van der Waals surface area (Å²) in [5, 5.41) is 2.62. The lowest BCUT2D eigenvalue weighted by Gasteiger charge is -2.19. The second-order valence-corrected chi connectivity index (χ2v) is 10.5. The number of hydrogen-bond acceptors (Lipinski definition) is 5. The fourth-order valence-electron chi connectivity index (χ4n) is 2.95. The molecule has 0 bridgehead atoms. The largest absolute Gasteiger partial charge is 0.446 e. The minimum absolute atomic E-state index is 0.238. The molecule has 2 amide bonds. The maximum absolute atomic E-state index is 13.8. The van der Waals surface area contributed by atoms with Gasteiger partial charge in [-0.2, -0.15) is 0 Å². The van der Waals surface area contributed by atoms with Crippen molar-refractivity contribution in [1.82, 2.24) is 10.9 Å². The first-order valence-corrected chi connectivity index (χ1v) is 12.6. The van der Waals surface area contributed by atoms with Crippen molar-refractivity contribution in [1.29, 1.82) is 0 Å². The van der Waals surface area contributed by atoms with Crippen LogP contribution < -0.4 is 26.8 Å². The lowest BCUT2D eigenvalue weighted by Crippen LogP contribution is -2.43. The number of nitrogens with one attached hydrogen (secondary N) is 2. The SMILES string of the molecule is CC(C)OC(=O)NNC(=O)OC(C)C.O=P(c1ccccc1)(c1ccccc1)c1ccccc1. The van der Waals surface area contributed by atoms with Gasteiger partial charge in [0, 0.05) is 15.9 Å². The van der Waals surface area contributed by atoms with Crippen LogP contribution in [0.5, 0.6) is 0 Å². The van der Waals surface area contributed by atoms with Gasteiger partial charge in [-0.15, -0.1) is 0 Å². The fraction of sp³-hybridized carbons (Fsp3) is 0.231. The van der Waals surface area contributed by atoms with Crippen LogP contribution in [-0.2, 0) is 14.0 Å². The van der Waals surface area contributed by atoms with Gasteiger partial charge in [0.05, 0.1) is 12.2 Å². The van der Waals surface area contributed by atoms with Gasteiger partial charge in [0.25, 0.3) is 0 Å². The number of hydrazine groups is 1. The van der Waals surface area contributed by atoms with Gasteiger partial charge in [-0.1, -0.05) is 91.0 Å². The van der Waals surface area contributed by atoms with Gasteiger partial charge >= 0.3 is 12.2 Å². The lowest BCUT2D eigenvalue weighted by molar-refractivity contribution is 0.0948. The molecule has 0 spiro atoms. The van der Waals surface area contributed by atoms with Crippen LogP contribution >= 0.6 is 7.14 Å². The molecule has 0 aliphatic heterocycles. The van der Waals surface area contributed by atoms with Gasteiger partial charge < -0.3 is 14.0 Å². The Bertz CT molecular complexity index is 949. The van der Waals surface area contributed by atoms with Crippen molar-refractivity contribution in [2.45, 2.75) is 39.9 Å². The van der Waals surface area contributed by atoms with E-state index in [0.717, 1.165) is 15.9 Å². The van der Waals surface area contributed by atoms with Crippen molar-refractivity contribution < 1.29 is 23.6 Å². The molecule has 3 rings (SSSR count). The van der Waals surface area contributed by atoms with E-state index in [1.54, 1.807) is 27.7 Å². The number of carbonyl (C=O) groups excluding carboxylic acids is 2. The maximum Gasteiger partial charge on any atom is 0.426 e. The van der Waals surface area contributed by atoms with Gasteiger partial charge in [-0.3, -0.25) is 0 Å². The average molecular weight is 483 g/mol. The average Bonchev–Trinajstić information content (AvgIpc) is 2.83. The third kappa shape index (κ3) is 8.09. The van der Waals surface area contributed by atoms with Gasteiger partial charge in [0.15, 0.2) is 7.14 Å². The van der Waals surface area contributed by atoms with E-state index in [-0.39, 0.29) is 12.2 Å². The van der Waals surface area contributed by atoms with Crippen LogP contribution in [0.25, 0.3) is 0 Å². The van der Waals surface area contributed by atoms with Crippen molar-refractivity contribution >= 4 is 35.2 Å². The summed E-state index contributed by atoms with van der Waals surface area (Å²) in [6.07, 6.45) is -1.92. The van der Waals surface area contributed by atoms with E-state index in [1.807, 2.05) is 102 Å². The molecule has 180 valence electrons. The number of amides is 2. The molecule has 3 aromatic carbocycles. The van der Waals surface area contributed by atoms with Gasteiger partial charge in [-0.05, 0) is 27.7 Å². The van der Waals surface area contributed by atoms with E-state index < -0.39 is 19.3 Å². The molecule has 0 saturated heterocycles. The molecular formula is C26H31N2O5P. The van der Waals surface area contributed by atoms with Crippen molar-refractivity contribution in [2.24, 2.45) is 0 Å². The maximum atomic E-state index is 13.8. The number of carbonyl (C=O) groups is 2. The van der Waals surface area contributed by atoms with Crippen molar-refractivity contribution in [2.75, 3.05) is 0 Å². The van der Waals surface area contributed by atoms with Crippen LogP contribution in [0.1, 0.15) is 27.7 Å². The predicted molar refractivity (Wildman–Crippen MR) is 135 cm³/mol. The summed E-state index contributed by atoms with van der Waals surface area (Å²) in [7, 11) is -2.78. The third-order valence-corrected chi connectivity index (χ3v) is 7.39. The van der Waals surface area contributed by atoms with Crippen LogP contribution in [-0.4, -0.2) is 24.4 Å². The van der Waals surface area contributed by atoms with Crippen LogP contribution in [0.4, 0.5) is 9.59 Å². The van der Waals surface area contributed by atoms with E-state index in [0.29, 0.717) is 0 Å². The Kier molecular flexibility index (Phi) is 10.4. The molecule has 0 atom stereocenters. The zero-order valence-electron chi connectivity index (χ0n) is 19.8. The van der Waals surface area contributed by atoms with Crippen LogP contribution in [0.3, 0.4) is 0 Å². The van der Waals surface area contributed by atoms with Crippen LogP contribution in [0.15, 0.2) is 91.0 Å². The molecule has 0 aromatic heterocycles. The molecule has 0 radical (unpaired) electrons. The lowest BCUT2D eigenvalue weighted by atomic mass is 10.4. The molecule has 34 heavy (non-hydrogen) atoms. The van der Waals surface area contributed by atoms with E-state index in [2.05, 4.69) is 9.47 Å². The molecule has 0 aliphatic rings. The van der Waals surface area contributed by atoms with E-state index in [1.165, 1.54) is 0 Å². The van der Waals surface area contributed by atoms with E-state index in [9.17, 15) is 14.2 Å². The highest BCUT2D eigenvalue weighted by molar-refractivity contribution is 7.85. The molecule has 0 saturated carbocycles. The standard InChI is InChI=1S/C18H15OP.C8H16N2O4/c19-20(16-10-4-1-5-11-16,17-12-6-2-7-13-17)18-14-8-3-9-15-18;1-5(2)13-7(11)9-10-8(12)14-6(3)4/h1-15H;5-6H,1-4H3,(H,9,11)(H,10,12). The number of rotatable bonds is 5. The Balaban J connectivity index is 0.000000259. The topological polar surface area (TPSA) is 93.7 Å². The fourth-order valence-corrected chi connectivity index (χ4v) is 5.62. The summed E-state index contributed by atoms with van der Waals surface area (Å²) < 4.78 is 23.2. The molecule has 3 aromatic rings. The number of ether oxygens (including phenoxy) is 2. The third-order valence-electron chi connectivity index (χ3n) is 4.31. The van der Waals surface area contributed by atoms with E-state index >= 15 is 0 Å². The Labute approximate surface area is 200 Å². The van der Waals surface area contributed by atoms with Crippen molar-refractivity contribution in [3.8, 4) is 0 Å². The van der Waals surface area contributed by atoms with Crippen molar-refractivity contribution in [3.63, 3.8) is 0 Å². The minimum Gasteiger partial charge on any atom is -0.446 e. The van der Waals surface area contributed by atoms with Gasteiger partial charge in [0.1, 0.15) is 0 Å². The summed E-state index contributed by atoms with van der Waals surface area (Å²) in [5.41, 5.74) is 4.07. The number of hydrogen-bond donors (Lipinski definition) is 2. The Morgan fingerprint density at radius 3 is 1.09 bits per heavy atom. The highest BCUT2D eigenvalue weighted by atomic mass is 31.2. The molecule has 8 heteroatoms. The van der Waals surface area contributed by atoms with Gasteiger partial charge in [-0.25, -0.2) is 20.4 Å². The zero-order chi connectivity index (χ0) is 25.0. The number of benzene rings is 3. The second-order valence-electron chi connectivity index (χ2n) is 7.77. The highest BCUT2D eigenvalue weighted by Gasteiger charge is 2.28. The molecule has 7 nitrogen and oxygen atoms in total. The summed E-state index contributed by atoms with van der Waals surface area (Å²) in [4.78, 5) is 21.7. The summed E-state index contributed by atoms with van der Waals surface area (Å²) in [5.74, 6) is 0. The summed E-state index contributed by atoms with van der Waals surface area (Å²) >= 11 is 0. The Hall–Kier alpha value is -3.57. The van der Waals surface area contributed by atoms with Gasteiger partial charge in [0.2, 0.25) is 0 Å². The molecule has 2 N–H and O–H groups in total. The first-order valence-electron chi connectivity index (χ1n) is 10.9. The molecule has 0 unspecified atom stereocenters. The summed E-state index contributed by atoms with van der Waals surface area (Å²) in [6.45, 7) is 6.80. The zero-order valence-corrected chi connectivity index (χ0v) is 20.7. The Morgan fingerprint density at radius 2 is 0.853 bits per heavy atom. The highest BCUT2D eigenvalue weighted by Crippen LogP contribution is 2.41. The molecule has 0 aliphatic carbocycles.